The Morgan fingerprint density at radius 2 is 1.89 bits per heavy atom. The lowest BCUT2D eigenvalue weighted by molar-refractivity contribution is 0.102. The van der Waals surface area contributed by atoms with E-state index < -0.39 is 0 Å². The molecule has 7 heteroatoms. The van der Waals surface area contributed by atoms with Gasteiger partial charge in [-0.2, -0.15) is 0 Å². The fourth-order valence-electron chi connectivity index (χ4n) is 2.51. The molecule has 0 unspecified atom stereocenters. The molecule has 1 N–H and O–H groups in total. The zero-order valence-corrected chi connectivity index (χ0v) is 17.0. The van der Waals surface area contributed by atoms with E-state index in [4.69, 9.17) is 9.47 Å². The van der Waals surface area contributed by atoms with Crippen molar-refractivity contribution in [3.63, 3.8) is 0 Å². The van der Waals surface area contributed by atoms with Gasteiger partial charge in [0.15, 0.2) is 5.13 Å². The summed E-state index contributed by atoms with van der Waals surface area (Å²) in [7, 11) is 5.61. The number of rotatable bonds is 8. The molecule has 1 amide bonds. The van der Waals surface area contributed by atoms with Gasteiger partial charge in [-0.05, 0) is 50.5 Å². The van der Waals surface area contributed by atoms with Gasteiger partial charge in [0.1, 0.15) is 18.1 Å². The number of methoxy groups -OCH3 is 1. The summed E-state index contributed by atoms with van der Waals surface area (Å²) in [5.74, 6) is 1.28. The van der Waals surface area contributed by atoms with E-state index in [-0.39, 0.29) is 5.91 Å². The normalized spacial score (nSPS) is 10.7. The van der Waals surface area contributed by atoms with Gasteiger partial charge in [0.2, 0.25) is 0 Å². The molecule has 0 aliphatic heterocycles. The van der Waals surface area contributed by atoms with Crippen molar-refractivity contribution in [3.05, 3.63) is 59.5 Å². The molecule has 0 atom stereocenters. The Morgan fingerprint density at radius 3 is 2.61 bits per heavy atom. The molecule has 0 aliphatic carbocycles. The van der Waals surface area contributed by atoms with E-state index in [0.717, 1.165) is 23.6 Å². The fourth-order valence-corrected chi connectivity index (χ4v) is 3.21. The van der Waals surface area contributed by atoms with Gasteiger partial charge in [-0.15, -0.1) is 11.3 Å². The molecule has 0 bridgehead atoms. The molecule has 3 aromatic rings. The number of amides is 1. The van der Waals surface area contributed by atoms with Crippen LogP contribution in [0.5, 0.6) is 11.5 Å². The van der Waals surface area contributed by atoms with E-state index in [1.165, 1.54) is 11.3 Å². The van der Waals surface area contributed by atoms with Crippen LogP contribution in [0.25, 0.3) is 11.3 Å². The van der Waals surface area contributed by atoms with Crippen LogP contribution in [0.15, 0.2) is 53.9 Å². The third-order valence-corrected chi connectivity index (χ3v) is 4.79. The van der Waals surface area contributed by atoms with Gasteiger partial charge in [-0.1, -0.05) is 12.1 Å². The fraction of sp³-hybridized carbons (Fsp3) is 0.238. The zero-order chi connectivity index (χ0) is 19.9. The van der Waals surface area contributed by atoms with Crippen LogP contribution in [0.4, 0.5) is 5.13 Å². The maximum Gasteiger partial charge on any atom is 0.257 e. The maximum absolute atomic E-state index is 12.4. The van der Waals surface area contributed by atoms with Crippen molar-refractivity contribution in [1.29, 1.82) is 0 Å². The number of hydrogen-bond acceptors (Lipinski definition) is 6. The van der Waals surface area contributed by atoms with Crippen LogP contribution < -0.4 is 14.8 Å². The summed E-state index contributed by atoms with van der Waals surface area (Å²) in [6.07, 6.45) is 0. The second kappa shape index (κ2) is 9.34. The minimum absolute atomic E-state index is 0.209. The number of likely N-dealkylation sites (N-methyl/N-ethyl adjacent to an activating group) is 1. The van der Waals surface area contributed by atoms with Crippen LogP contribution in [0.3, 0.4) is 0 Å². The van der Waals surface area contributed by atoms with Gasteiger partial charge < -0.3 is 14.4 Å². The number of carbonyl (C=O) groups is 1. The minimum Gasteiger partial charge on any atom is -0.497 e. The SMILES string of the molecule is COc1ccc(C(=O)Nc2nc(-c3ccccc3OCCN(C)C)cs2)cc1. The summed E-state index contributed by atoms with van der Waals surface area (Å²) in [5.41, 5.74) is 2.22. The Kier molecular flexibility index (Phi) is 6.62. The van der Waals surface area contributed by atoms with Crippen LogP contribution >= 0.6 is 11.3 Å². The first kappa shape index (κ1) is 19.9. The molecule has 0 saturated heterocycles. The Bertz CT molecular complexity index is 923. The van der Waals surface area contributed by atoms with Crippen molar-refractivity contribution in [1.82, 2.24) is 9.88 Å². The highest BCUT2D eigenvalue weighted by atomic mass is 32.1. The molecule has 0 aliphatic rings. The highest BCUT2D eigenvalue weighted by molar-refractivity contribution is 7.14. The largest absolute Gasteiger partial charge is 0.497 e. The van der Waals surface area contributed by atoms with Gasteiger partial charge in [-0.25, -0.2) is 4.98 Å². The Balaban J connectivity index is 1.70. The highest BCUT2D eigenvalue weighted by Gasteiger charge is 2.13. The number of hydrogen-bond donors (Lipinski definition) is 1. The van der Waals surface area contributed by atoms with E-state index in [2.05, 4.69) is 15.2 Å². The smallest absolute Gasteiger partial charge is 0.257 e. The lowest BCUT2D eigenvalue weighted by atomic mass is 10.1. The highest BCUT2D eigenvalue weighted by Crippen LogP contribution is 2.32. The monoisotopic (exact) mass is 397 g/mol. The minimum atomic E-state index is -0.209. The lowest BCUT2D eigenvalue weighted by Crippen LogP contribution is -2.19. The standard InChI is InChI=1S/C21H23N3O3S/c1-24(2)12-13-27-19-7-5-4-6-17(19)18-14-28-21(22-18)23-20(25)15-8-10-16(26-3)11-9-15/h4-11,14H,12-13H2,1-3H3,(H,22,23,25). The maximum atomic E-state index is 12.4. The van der Waals surface area contributed by atoms with Gasteiger partial charge in [0, 0.05) is 23.1 Å². The molecule has 6 nitrogen and oxygen atoms in total. The summed E-state index contributed by atoms with van der Waals surface area (Å²) in [5, 5.41) is 5.30. The first-order chi connectivity index (χ1) is 13.6. The van der Waals surface area contributed by atoms with Crippen LogP contribution in [0, 0.1) is 0 Å². The molecule has 146 valence electrons. The Hall–Kier alpha value is -2.90. The van der Waals surface area contributed by atoms with Crippen molar-refractivity contribution in [2.45, 2.75) is 0 Å². The van der Waals surface area contributed by atoms with E-state index >= 15 is 0 Å². The van der Waals surface area contributed by atoms with Gasteiger partial charge >= 0.3 is 0 Å². The molecule has 3 rings (SSSR count). The number of nitrogens with one attached hydrogen (secondary N) is 1. The third kappa shape index (κ3) is 5.09. The van der Waals surface area contributed by atoms with E-state index in [0.29, 0.717) is 23.1 Å². The van der Waals surface area contributed by atoms with Crippen LogP contribution in [0.2, 0.25) is 0 Å². The number of carbonyl (C=O) groups excluding carboxylic acids is 1. The third-order valence-electron chi connectivity index (χ3n) is 4.04. The van der Waals surface area contributed by atoms with Crippen LogP contribution in [-0.4, -0.2) is 50.1 Å². The second-order valence-corrected chi connectivity index (χ2v) is 7.23. The van der Waals surface area contributed by atoms with Crippen LogP contribution in [0.1, 0.15) is 10.4 Å². The topological polar surface area (TPSA) is 63.7 Å². The number of thiazole rings is 1. The number of ether oxygens (including phenoxy) is 2. The first-order valence-electron chi connectivity index (χ1n) is 8.84. The average Bonchev–Trinajstić information content (AvgIpc) is 3.16. The van der Waals surface area contributed by atoms with Crippen molar-refractivity contribution in [2.75, 3.05) is 39.7 Å². The van der Waals surface area contributed by atoms with Gasteiger partial charge in [0.25, 0.3) is 5.91 Å². The summed E-state index contributed by atoms with van der Waals surface area (Å²) < 4.78 is 11.0. The Morgan fingerprint density at radius 1 is 1.14 bits per heavy atom. The molecular weight excluding hydrogens is 374 g/mol. The molecule has 1 heterocycles. The Labute approximate surface area is 168 Å². The predicted molar refractivity (Wildman–Crippen MR) is 113 cm³/mol. The first-order valence-corrected chi connectivity index (χ1v) is 9.72. The molecule has 2 aromatic carbocycles. The molecule has 0 saturated carbocycles. The summed E-state index contributed by atoms with van der Waals surface area (Å²) >= 11 is 1.38. The lowest BCUT2D eigenvalue weighted by Gasteiger charge is -2.13. The number of benzene rings is 2. The predicted octanol–water partition coefficient (Wildman–Crippen LogP) is 4.01. The van der Waals surface area contributed by atoms with Crippen molar-refractivity contribution >= 4 is 22.4 Å². The van der Waals surface area contributed by atoms with Crippen LogP contribution in [-0.2, 0) is 0 Å². The molecule has 28 heavy (non-hydrogen) atoms. The van der Waals surface area contributed by atoms with E-state index in [9.17, 15) is 4.79 Å². The molecule has 0 spiro atoms. The van der Waals surface area contributed by atoms with E-state index in [1.807, 2.05) is 43.7 Å². The summed E-state index contributed by atoms with van der Waals surface area (Å²) in [4.78, 5) is 19.0. The summed E-state index contributed by atoms with van der Waals surface area (Å²) in [6.45, 7) is 1.42. The molecule has 0 radical (unpaired) electrons. The molecule has 1 aromatic heterocycles. The number of para-hydroxylation sites is 1. The van der Waals surface area contributed by atoms with Crippen molar-refractivity contribution < 1.29 is 14.3 Å². The molecule has 0 fully saturated rings. The molecular formula is C21H23N3O3S. The van der Waals surface area contributed by atoms with Gasteiger partial charge in [0.05, 0.1) is 12.8 Å². The van der Waals surface area contributed by atoms with E-state index in [1.54, 1.807) is 31.4 Å². The number of anilines is 1. The van der Waals surface area contributed by atoms with Crippen molar-refractivity contribution in [2.24, 2.45) is 0 Å². The van der Waals surface area contributed by atoms with Crippen molar-refractivity contribution in [3.8, 4) is 22.8 Å². The zero-order valence-electron chi connectivity index (χ0n) is 16.1. The second-order valence-electron chi connectivity index (χ2n) is 6.37. The quantitative estimate of drug-likeness (QED) is 0.622. The summed E-state index contributed by atoms with van der Waals surface area (Å²) in [6, 6.07) is 14.7. The number of aromatic nitrogens is 1. The average molecular weight is 398 g/mol. The number of nitrogens with zero attached hydrogens (tertiary/aromatic N) is 2. The van der Waals surface area contributed by atoms with Gasteiger partial charge in [-0.3, -0.25) is 10.1 Å².